The van der Waals surface area contributed by atoms with Gasteiger partial charge in [0.25, 0.3) is 0 Å². The molecule has 7 nitrogen and oxygen atoms in total. The molecule has 0 spiro atoms. The largest absolute Gasteiger partial charge is 0.344 e. The Morgan fingerprint density at radius 1 is 1.07 bits per heavy atom. The Balaban J connectivity index is 2.20. The molecule has 1 atom stereocenters. The Morgan fingerprint density at radius 3 is 2.24 bits per heavy atom. The fraction of sp³-hybridized carbons (Fsp3) is 0.333. The van der Waals surface area contributed by atoms with Gasteiger partial charge < -0.3 is 10.6 Å². The van der Waals surface area contributed by atoms with Gasteiger partial charge >= 0.3 is 0 Å². The fourth-order valence-electron chi connectivity index (χ4n) is 2.87. The Labute approximate surface area is 171 Å². The van der Waals surface area contributed by atoms with Gasteiger partial charge in [0.1, 0.15) is 6.04 Å². The minimum Gasteiger partial charge on any atom is -0.344 e. The van der Waals surface area contributed by atoms with Crippen LogP contribution in [0, 0.1) is 19.8 Å². The van der Waals surface area contributed by atoms with Gasteiger partial charge in [-0.1, -0.05) is 44.2 Å². The highest BCUT2D eigenvalue weighted by Crippen LogP contribution is 2.24. The fourth-order valence-corrected chi connectivity index (χ4v) is 3.49. The lowest BCUT2D eigenvalue weighted by molar-refractivity contribution is -0.127. The van der Waals surface area contributed by atoms with Crippen molar-refractivity contribution in [3.63, 3.8) is 0 Å². The van der Waals surface area contributed by atoms with E-state index in [1.165, 1.54) is 12.1 Å². The van der Waals surface area contributed by atoms with E-state index in [-0.39, 0.29) is 23.1 Å². The molecule has 2 rings (SSSR count). The highest BCUT2D eigenvalue weighted by atomic mass is 32.2. The van der Waals surface area contributed by atoms with E-state index in [1.807, 2.05) is 44.2 Å². The van der Waals surface area contributed by atoms with Crippen LogP contribution in [0.1, 0.15) is 30.5 Å². The SMILES string of the molecule is Cc1cc(S(N)(=O)=O)cc(NC(=O)C(NC(=O)Cc2ccccc2)C(C)C)c1C. The molecule has 2 aromatic rings. The zero-order valence-corrected chi connectivity index (χ0v) is 17.8. The summed E-state index contributed by atoms with van der Waals surface area (Å²) in [7, 11) is -3.91. The molecular weight excluding hydrogens is 390 g/mol. The van der Waals surface area contributed by atoms with Crippen LogP contribution in [0.2, 0.25) is 0 Å². The van der Waals surface area contributed by atoms with Crippen LogP contribution >= 0.6 is 0 Å². The average Bonchev–Trinajstić information content (AvgIpc) is 2.63. The predicted octanol–water partition coefficient (Wildman–Crippen LogP) is 2.27. The molecule has 0 bridgehead atoms. The Hall–Kier alpha value is -2.71. The summed E-state index contributed by atoms with van der Waals surface area (Å²) in [4.78, 5) is 25.2. The maximum absolute atomic E-state index is 12.9. The van der Waals surface area contributed by atoms with Crippen molar-refractivity contribution in [2.45, 2.75) is 45.1 Å². The molecule has 0 radical (unpaired) electrons. The molecule has 0 aromatic heterocycles. The molecule has 4 N–H and O–H groups in total. The number of hydrogen-bond acceptors (Lipinski definition) is 4. The lowest BCUT2D eigenvalue weighted by Gasteiger charge is -2.23. The zero-order valence-electron chi connectivity index (χ0n) is 17.0. The van der Waals surface area contributed by atoms with E-state index < -0.39 is 22.0 Å². The second kappa shape index (κ2) is 9.19. The Morgan fingerprint density at radius 2 is 1.69 bits per heavy atom. The van der Waals surface area contributed by atoms with Crippen LogP contribution < -0.4 is 15.8 Å². The second-order valence-electron chi connectivity index (χ2n) is 7.40. The summed E-state index contributed by atoms with van der Waals surface area (Å²) >= 11 is 0. The third kappa shape index (κ3) is 6.13. The van der Waals surface area contributed by atoms with E-state index in [4.69, 9.17) is 5.14 Å². The standard InChI is InChI=1S/C21H27N3O4S/c1-13(2)20(24-19(25)11-16-8-6-5-7-9-16)21(26)23-18-12-17(29(22,27)28)10-14(3)15(18)4/h5-10,12-13,20H,11H2,1-4H3,(H,23,26)(H,24,25)(H2,22,27,28). The zero-order chi connectivity index (χ0) is 21.8. The molecule has 29 heavy (non-hydrogen) atoms. The van der Waals surface area contributed by atoms with Crippen molar-refractivity contribution >= 4 is 27.5 Å². The number of primary sulfonamides is 1. The first kappa shape index (κ1) is 22.6. The van der Waals surface area contributed by atoms with Crippen LogP contribution in [0.3, 0.4) is 0 Å². The van der Waals surface area contributed by atoms with Crippen LogP contribution in [-0.2, 0) is 26.0 Å². The first-order valence-corrected chi connectivity index (χ1v) is 10.8. The molecular formula is C21H27N3O4S. The number of amides is 2. The highest BCUT2D eigenvalue weighted by Gasteiger charge is 2.25. The molecule has 8 heteroatoms. The lowest BCUT2D eigenvalue weighted by Crippen LogP contribution is -2.47. The van der Waals surface area contributed by atoms with Crippen molar-refractivity contribution in [3.8, 4) is 0 Å². The van der Waals surface area contributed by atoms with Crippen LogP contribution in [-0.4, -0.2) is 26.3 Å². The van der Waals surface area contributed by atoms with Crippen molar-refractivity contribution in [2.24, 2.45) is 11.1 Å². The molecule has 156 valence electrons. The van der Waals surface area contributed by atoms with E-state index in [0.29, 0.717) is 11.3 Å². The van der Waals surface area contributed by atoms with Gasteiger partial charge in [0.2, 0.25) is 21.8 Å². The smallest absolute Gasteiger partial charge is 0.247 e. The molecule has 0 aliphatic rings. The number of hydrogen-bond donors (Lipinski definition) is 3. The molecule has 0 heterocycles. The average molecular weight is 418 g/mol. The van der Waals surface area contributed by atoms with Crippen molar-refractivity contribution in [2.75, 3.05) is 5.32 Å². The number of carbonyl (C=O) groups is 2. The number of nitrogens with two attached hydrogens (primary N) is 1. The van der Waals surface area contributed by atoms with E-state index in [9.17, 15) is 18.0 Å². The molecule has 1 unspecified atom stereocenters. The first-order valence-electron chi connectivity index (χ1n) is 9.27. The Kier molecular flexibility index (Phi) is 7.16. The van der Waals surface area contributed by atoms with E-state index in [2.05, 4.69) is 10.6 Å². The minimum atomic E-state index is -3.91. The van der Waals surface area contributed by atoms with E-state index >= 15 is 0 Å². The number of benzene rings is 2. The lowest BCUT2D eigenvalue weighted by atomic mass is 10.0. The Bertz CT molecular complexity index is 1000. The number of aryl methyl sites for hydroxylation is 1. The normalized spacial score (nSPS) is 12.5. The van der Waals surface area contributed by atoms with Gasteiger partial charge in [-0.05, 0) is 48.6 Å². The molecule has 0 saturated carbocycles. The number of sulfonamides is 1. The van der Waals surface area contributed by atoms with Crippen LogP contribution in [0.4, 0.5) is 5.69 Å². The van der Waals surface area contributed by atoms with Crippen molar-refractivity contribution in [1.82, 2.24) is 5.32 Å². The molecule has 0 fully saturated rings. The molecule has 0 aliphatic heterocycles. The molecule has 2 aromatic carbocycles. The summed E-state index contributed by atoms with van der Waals surface area (Å²) in [6.07, 6.45) is 0.163. The van der Waals surface area contributed by atoms with Crippen molar-refractivity contribution < 1.29 is 18.0 Å². The number of nitrogens with one attached hydrogen (secondary N) is 2. The minimum absolute atomic E-state index is 0.0786. The third-order valence-electron chi connectivity index (χ3n) is 4.70. The predicted molar refractivity (Wildman–Crippen MR) is 113 cm³/mol. The van der Waals surface area contributed by atoms with Gasteiger partial charge in [-0.25, -0.2) is 13.6 Å². The van der Waals surface area contributed by atoms with Gasteiger partial charge in [0.15, 0.2) is 0 Å². The topological polar surface area (TPSA) is 118 Å². The number of carbonyl (C=O) groups excluding carboxylic acids is 2. The van der Waals surface area contributed by atoms with Gasteiger partial charge in [-0.15, -0.1) is 0 Å². The molecule has 2 amide bonds. The number of anilines is 1. The van der Waals surface area contributed by atoms with E-state index in [0.717, 1.165) is 11.1 Å². The van der Waals surface area contributed by atoms with Crippen LogP contribution in [0.15, 0.2) is 47.4 Å². The monoisotopic (exact) mass is 417 g/mol. The van der Waals surface area contributed by atoms with Crippen molar-refractivity contribution in [1.29, 1.82) is 0 Å². The van der Waals surface area contributed by atoms with Gasteiger partial charge in [0, 0.05) is 5.69 Å². The first-order chi connectivity index (χ1) is 13.5. The molecule has 0 aliphatic carbocycles. The summed E-state index contributed by atoms with van der Waals surface area (Å²) in [6, 6.07) is 11.3. The van der Waals surface area contributed by atoms with Gasteiger partial charge in [-0.3, -0.25) is 9.59 Å². The van der Waals surface area contributed by atoms with Gasteiger partial charge in [-0.2, -0.15) is 0 Å². The maximum Gasteiger partial charge on any atom is 0.247 e. The number of rotatable bonds is 7. The highest BCUT2D eigenvalue weighted by molar-refractivity contribution is 7.89. The third-order valence-corrected chi connectivity index (χ3v) is 5.59. The summed E-state index contributed by atoms with van der Waals surface area (Å²) in [5.41, 5.74) is 2.60. The maximum atomic E-state index is 12.9. The van der Waals surface area contributed by atoms with Crippen LogP contribution in [0.25, 0.3) is 0 Å². The van der Waals surface area contributed by atoms with E-state index in [1.54, 1.807) is 13.8 Å². The van der Waals surface area contributed by atoms with Gasteiger partial charge in [0.05, 0.1) is 11.3 Å². The second-order valence-corrected chi connectivity index (χ2v) is 8.96. The summed E-state index contributed by atoms with van der Waals surface area (Å²) in [5, 5.41) is 10.7. The quantitative estimate of drug-likeness (QED) is 0.640. The summed E-state index contributed by atoms with van der Waals surface area (Å²) in [6.45, 7) is 7.16. The summed E-state index contributed by atoms with van der Waals surface area (Å²) < 4.78 is 23.4. The summed E-state index contributed by atoms with van der Waals surface area (Å²) in [5.74, 6) is -0.857. The molecule has 0 saturated heterocycles. The van der Waals surface area contributed by atoms with Crippen molar-refractivity contribution in [3.05, 3.63) is 59.2 Å². The van der Waals surface area contributed by atoms with Crippen LogP contribution in [0.5, 0.6) is 0 Å².